The molecule has 2 rings (SSSR count). The van der Waals surface area contributed by atoms with Crippen LogP contribution in [-0.4, -0.2) is 35.3 Å². The number of ether oxygens (including phenoxy) is 2. The lowest BCUT2D eigenvalue weighted by Gasteiger charge is -2.40. The van der Waals surface area contributed by atoms with E-state index in [0.717, 1.165) is 32.3 Å². The maximum absolute atomic E-state index is 5.97. The molecular weight excluding hydrogens is 242 g/mol. The summed E-state index contributed by atoms with van der Waals surface area (Å²) in [7, 11) is 1.61. The average Bonchev–Trinajstić information content (AvgIpc) is 2.47. The van der Waals surface area contributed by atoms with Crippen LogP contribution in [0.25, 0.3) is 0 Å². The highest BCUT2D eigenvalue weighted by molar-refractivity contribution is 5.29. The summed E-state index contributed by atoms with van der Waals surface area (Å²) >= 11 is 0. The Morgan fingerprint density at radius 2 is 2.26 bits per heavy atom. The second-order valence-corrected chi connectivity index (χ2v) is 5.00. The Labute approximate surface area is 114 Å². The number of nitrogens with one attached hydrogen (secondary N) is 1. The molecule has 1 fully saturated rings. The molecule has 19 heavy (non-hydrogen) atoms. The molecule has 0 aliphatic carbocycles. The molecule has 1 atom stereocenters. The Balaban J connectivity index is 2.02. The molecule has 0 aromatic carbocycles. The van der Waals surface area contributed by atoms with Crippen LogP contribution in [0.5, 0.6) is 5.88 Å². The van der Waals surface area contributed by atoms with Crippen LogP contribution in [0.2, 0.25) is 0 Å². The Bertz CT molecular complexity index is 407. The molecule has 0 saturated carbocycles. The molecule has 5 heteroatoms. The Hall–Kier alpha value is -1.36. The number of anilines is 1. The molecule has 0 radical (unpaired) electrons. The van der Waals surface area contributed by atoms with Gasteiger partial charge < -0.3 is 14.8 Å². The summed E-state index contributed by atoms with van der Waals surface area (Å²) < 4.78 is 11.1. The fourth-order valence-electron chi connectivity index (χ4n) is 2.60. The zero-order valence-corrected chi connectivity index (χ0v) is 12.0. The summed E-state index contributed by atoms with van der Waals surface area (Å²) in [6, 6.07) is 2.11. The van der Waals surface area contributed by atoms with Gasteiger partial charge in [-0.1, -0.05) is 13.8 Å². The van der Waals surface area contributed by atoms with Crippen LogP contribution in [-0.2, 0) is 4.74 Å². The molecule has 1 aliphatic heterocycles. The van der Waals surface area contributed by atoms with Gasteiger partial charge in [-0.25, -0.2) is 4.98 Å². The molecule has 1 unspecified atom stereocenters. The Morgan fingerprint density at radius 1 is 1.47 bits per heavy atom. The molecule has 1 aromatic rings. The quantitative estimate of drug-likeness (QED) is 0.887. The highest BCUT2D eigenvalue weighted by Gasteiger charge is 2.34. The standard InChI is InChI=1S/C14H23N3O2/c1-4-14(5-2)10-11(7-9-19-14)16-13-15-8-6-12(17-13)18-3/h6,8,11H,4-5,7,9-10H2,1-3H3,(H,15,16,17). The molecule has 2 heterocycles. The first-order valence-corrected chi connectivity index (χ1v) is 6.99. The second-order valence-electron chi connectivity index (χ2n) is 5.00. The predicted octanol–water partition coefficient (Wildman–Crippen LogP) is 2.63. The fraction of sp³-hybridized carbons (Fsp3) is 0.714. The van der Waals surface area contributed by atoms with Crippen molar-refractivity contribution in [2.45, 2.75) is 51.2 Å². The normalized spacial score (nSPS) is 21.9. The molecular formula is C14H23N3O2. The van der Waals surface area contributed by atoms with E-state index in [1.54, 1.807) is 19.4 Å². The van der Waals surface area contributed by atoms with E-state index in [2.05, 4.69) is 29.1 Å². The number of hydrogen-bond donors (Lipinski definition) is 1. The van der Waals surface area contributed by atoms with Crippen molar-refractivity contribution in [2.75, 3.05) is 19.0 Å². The van der Waals surface area contributed by atoms with Gasteiger partial charge in [0.1, 0.15) is 0 Å². The fourth-order valence-corrected chi connectivity index (χ4v) is 2.60. The smallest absolute Gasteiger partial charge is 0.226 e. The first-order chi connectivity index (χ1) is 9.21. The average molecular weight is 265 g/mol. The third-order valence-electron chi connectivity index (χ3n) is 3.95. The topological polar surface area (TPSA) is 56.3 Å². The molecule has 0 bridgehead atoms. The van der Waals surface area contributed by atoms with Crippen LogP contribution >= 0.6 is 0 Å². The van der Waals surface area contributed by atoms with Gasteiger partial charge in [0.25, 0.3) is 0 Å². The molecule has 0 spiro atoms. The largest absolute Gasteiger partial charge is 0.481 e. The molecule has 1 N–H and O–H groups in total. The SMILES string of the molecule is CCC1(CC)CC(Nc2nccc(OC)n2)CCO1. The molecule has 1 saturated heterocycles. The number of rotatable bonds is 5. The summed E-state index contributed by atoms with van der Waals surface area (Å²) in [4.78, 5) is 8.54. The van der Waals surface area contributed by atoms with E-state index in [4.69, 9.17) is 9.47 Å². The molecule has 1 aliphatic rings. The highest BCUT2D eigenvalue weighted by atomic mass is 16.5. The van der Waals surface area contributed by atoms with Crippen molar-refractivity contribution in [2.24, 2.45) is 0 Å². The van der Waals surface area contributed by atoms with Gasteiger partial charge in [0.15, 0.2) is 0 Å². The second kappa shape index (κ2) is 6.19. The van der Waals surface area contributed by atoms with Gasteiger partial charge in [-0.3, -0.25) is 0 Å². The van der Waals surface area contributed by atoms with E-state index in [-0.39, 0.29) is 5.60 Å². The Morgan fingerprint density at radius 3 is 2.95 bits per heavy atom. The summed E-state index contributed by atoms with van der Waals surface area (Å²) in [5, 5.41) is 3.40. The van der Waals surface area contributed by atoms with Gasteiger partial charge in [0.2, 0.25) is 11.8 Å². The minimum atomic E-state index is 0.00871. The number of methoxy groups -OCH3 is 1. The maximum atomic E-state index is 5.97. The van der Waals surface area contributed by atoms with Crippen molar-refractivity contribution in [3.63, 3.8) is 0 Å². The van der Waals surface area contributed by atoms with Crippen LogP contribution in [0.4, 0.5) is 5.95 Å². The first kappa shape index (κ1) is 14.1. The van der Waals surface area contributed by atoms with Crippen LogP contribution in [0, 0.1) is 0 Å². The third kappa shape index (κ3) is 3.35. The van der Waals surface area contributed by atoms with Crippen LogP contribution in [0.15, 0.2) is 12.3 Å². The van der Waals surface area contributed by atoms with Gasteiger partial charge >= 0.3 is 0 Å². The monoisotopic (exact) mass is 265 g/mol. The van der Waals surface area contributed by atoms with Gasteiger partial charge in [-0.15, -0.1) is 0 Å². The molecule has 0 amide bonds. The van der Waals surface area contributed by atoms with Crippen LogP contribution in [0.1, 0.15) is 39.5 Å². The van der Waals surface area contributed by atoms with E-state index >= 15 is 0 Å². The lowest BCUT2D eigenvalue weighted by molar-refractivity contribution is -0.0865. The van der Waals surface area contributed by atoms with Gasteiger partial charge in [-0.2, -0.15) is 4.98 Å². The lowest BCUT2D eigenvalue weighted by atomic mass is 9.86. The molecule has 1 aromatic heterocycles. The van der Waals surface area contributed by atoms with E-state index in [0.29, 0.717) is 17.9 Å². The number of aromatic nitrogens is 2. The molecule has 5 nitrogen and oxygen atoms in total. The van der Waals surface area contributed by atoms with Gasteiger partial charge in [0, 0.05) is 24.9 Å². The van der Waals surface area contributed by atoms with Crippen LogP contribution < -0.4 is 10.1 Å². The van der Waals surface area contributed by atoms with Crippen molar-refractivity contribution in [1.82, 2.24) is 9.97 Å². The lowest BCUT2D eigenvalue weighted by Crippen LogP contribution is -2.43. The minimum Gasteiger partial charge on any atom is -0.481 e. The summed E-state index contributed by atoms with van der Waals surface area (Å²) in [6.07, 6.45) is 5.78. The third-order valence-corrected chi connectivity index (χ3v) is 3.95. The van der Waals surface area contributed by atoms with Gasteiger partial charge in [0.05, 0.1) is 12.7 Å². The van der Waals surface area contributed by atoms with Gasteiger partial charge in [-0.05, 0) is 25.7 Å². The first-order valence-electron chi connectivity index (χ1n) is 6.99. The Kier molecular flexibility index (Phi) is 4.58. The minimum absolute atomic E-state index is 0.00871. The summed E-state index contributed by atoms with van der Waals surface area (Å²) in [5.41, 5.74) is 0.00871. The van der Waals surface area contributed by atoms with Crippen molar-refractivity contribution < 1.29 is 9.47 Å². The molecule has 106 valence electrons. The van der Waals surface area contributed by atoms with E-state index in [1.165, 1.54) is 0 Å². The van der Waals surface area contributed by atoms with Crippen molar-refractivity contribution in [3.05, 3.63) is 12.3 Å². The van der Waals surface area contributed by atoms with Crippen LogP contribution in [0.3, 0.4) is 0 Å². The number of hydrogen-bond acceptors (Lipinski definition) is 5. The number of nitrogens with zero attached hydrogens (tertiary/aromatic N) is 2. The zero-order valence-electron chi connectivity index (χ0n) is 12.0. The highest BCUT2D eigenvalue weighted by Crippen LogP contribution is 2.32. The van der Waals surface area contributed by atoms with E-state index in [9.17, 15) is 0 Å². The van der Waals surface area contributed by atoms with Crippen molar-refractivity contribution in [3.8, 4) is 5.88 Å². The van der Waals surface area contributed by atoms with Crippen molar-refractivity contribution in [1.29, 1.82) is 0 Å². The van der Waals surface area contributed by atoms with Crippen molar-refractivity contribution >= 4 is 5.95 Å². The van der Waals surface area contributed by atoms with E-state index in [1.807, 2.05) is 0 Å². The van der Waals surface area contributed by atoms with E-state index < -0.39 is 0 Å². The maximum Gasteiger partial charge on any atom is 0.226 e. The predicted molar refractivity (Wildman–Crippen MR) is 74.5 cm³/mol. The zero-order chi connectivity index (χ0) is 13.7. The summed E-state index contributed by atoms with van der Waals surface area (Å²) in [6.45, 7) is 5.17. The summed E-state index contributed by atoms with van der Waals surface area (Å²) in [5.74, 6) is 1.22.